The third-order valence-electron chi connectivity index (χ3n) is 4.61. The summed E-state index contributed by atoms with van der Waals surface area (Å²) in [6.45, 7) is 5.83. The first kappa shape index (κ1) is 19.9. The maximum atomic E-state index is 11.4. The van der Waals surface area contributed by atoms with Gasteiger partial charge in [-0.25, -0.2) is 0 Å². The van der Waals surface area contributed by atoms with Gasteiger partial charge in [0.1, 0.15) is 5.75 Å². The summed E-state index contributed by atoms with van der Waals surface area (Å²) in [4.78, 5) is 11.4. The van der Waals surface area contributed by atoms with Crippen molar-refractivity contribution < 1.29 is 24.5 Å². The first-order chi connectivity index (χ1) is 12.3. The lowest BCUT2D eigenvalue weighted by atomic mass is 9.82. The predicted molar refractivity (Wildman–Crippen MR) is 99.0 cm³/mol. The first-order valence-electron chi connectivity index (χ1n) is 8.47. The van der Waals surface area contributed by atoms with E-state index in [-0.39, 0.29) is 0 Å². The molecule has 0 aromatic heterocycles. The Balaban J connectivity index is 2.06. The highest BCUT2D eigenvalue weighted by molar-refractivity contribution is 5.74. The number of hydrogen-bond donors (Lipinski definition) is 2. The zero-order chi connectivity index (χ0) is 19.3. The number of aliphatic carboxylic acids is 1. The highest BCUT2D eigenvalue weighted by atomic mass is 16.5. The lowest BCUT2D eigenvalue weighted by Gasteiger charge is -2.26. The molecule has 2 rings (SSSR count). The van der Waals surface area contributed by atoms with Gasteiger partial charge < -0.3 is 19.7 Å². The molecule has 0 fully saturated rings. The number of rotatable bonds is 8. The molecular formula is C21H26O5. The molecule has 2 aromatic rings. The molecular weight excluding hydrogens is 332 g/mol. The van der Waals surface area contributed by atoms with Crippen molar-refractivity contribution in [3.63, 3.8) is 0 Å². The quantitative estimate of drug-likeness (QED) is 0.749. The van der Waals surface area contributed by atoms with E-state index in [9.17, 15) is 15.0 Å². The zero-order valence-corrected chi connectivity index (χ0v) is 15.7. The van der Waals surface area contributed by atoms with E-state index in [4.69, 9.17) is 9.47 Å². The van der Waals surface area contributed by atoms with Crippen molar-refractivity contribution in [2.45, 2.75) is 40.1 Å². The molecule has 0 spiro atoms. The van der Waals surface area contributed by atoms with E-state index in [1.807, 2.05) is 43.3 Å². The van der Waals surface area contributed by atoms with Crippen molar-refractivity contribution >= 4 is 5.97 Å². The Morgan fingerprint density at radius 3 is 2.35 bits per heavy atom. The maximum absolute atomic E-state index is 11.4. The molecule has 0 radical (unpaired) electrons. The fourth-order valence-electron chi connectivity index (χ4n) is 2.55. The first-order valence-corrected chi connectivity index (χ1v) is 8.47. The fraction of sp³-hybridized carbons (Fsp3) is 0.381. The van der Waals surface area contributed by atoms with E-state index >= 15 is 0 Å². The summed E-state index contributed by atoms with van der Waals surface area (Å²) in [7, 11) is 1.63. The maximum Gasteiger partial charge on any atom is 0.312 e. The molecule has 2 N–H and O–H groups in total. The summed E-state index contributed by atoms with van der Waals surface area (Å²) >= 11 is 0. The second-order valence-electron chi connectivity index (χ2n) is 6.96. The minimum Gasteiger partial charge on any atom is -0.497 e. The van der Waals surface area contributed by atoms with E-state index in [0.717, 1.165) is 22.4 Å². The molecule has 26 heavy (non-hydrogen) atoms. The minimum atomic E-state index is -1.27. The van der Waals surface area contributed by atoms with Gasteiger partial charge in [-0.05, 0) is 55.2 Å². The van der Waals surface area contributed by atoms with Crippen LogP contribution in [0, 0.1) is 12.3 Å². The monoisotopic (exact) mass is 358 g/mol. The molecule has 5 heteroatoms. The third kappa shape index (κ3) is 4.62. The molecule has 0 aliphatic carbocycles. The van der Waals surface area contributed by atoms with Gasteiger partial charge >= 0.3 is 5.97 Å². The number of methoxy groups -OCH3 is 1. The van der Waals surface area contributed by atoms with Crippen LogP contribution in [0.2, 0.25) is 0 Å². The van der Waals surface area contributed by atoms with Crippen LogP contribution in [0.4, 0.5) is 0 Å². The Labute approximate surface area is 154 Å². The normalized spacial score (nSPS) is 12.7. The number of carboxylic acids is 1. The van der Waals surface area contributed by atoms with Gasteiger partial charge in [-0.3, -0.25) is 4.79 Å². The molecule has 140 valence electrons. The summed E-state index contributed by atoms with van der Waals surface area (Å²) in [5, 5.41) is 19.8. The van der Waals surface area contributed by atoms with Crippen LogP contribution in [0.5, 0.6) is 5.75 Å². The Bertz CT molecular complexity index is 749. The lowest BCUT2D eigenvalue weighted by Crippen LogP contribution is -2.31. The lowest BCUT2D eigenvalue weighted by molar-refractivity contribution is -0.153. The van der Waals surface area contributed by atoms with Gasteiger partial charge in [0, 0.05) is 0 Å². The van der Waals surface area contributed by atoms with Crippen LogP contribution in [0.1, 0.15) is 42.2 Å². The summed E-state index contributed by atoms with van der Waals surface area (Å²) in [5.41, 5.74) is 2.30. The van der Waals surface area contributed by atoms with Crippen molar-refractivity contribution in [3.05, 3.63) is 64.7 Å². The molecule has 0 heterocycles. The highest BCUT2D eigenvalue weighted by Crippen LogP contribution is 2.34. The molecule has 0 saturated carbocycles. The summed E-state index contributed by atoms with van der Waals surface area (Å²) < 4.78 is 10.9. The number of aryl methyl sites for hydroxylation is 1. The number of carboxylic acid groups (broad SMARTS) is 1. The molecule has 5 nitrogen and oxygen atoms in total. The highest BCUT2D eigenvalue weighted by Gasteiger charge is 2.36. The zero-order valence-electron chi connectivity index (χ0n) is 15.7. The number of hydrogen-bond acceptors (Lipinski definition) is 4. The largest absolute Gasteiger partial charge is 0.497 e. The molecule has 0 amide bonds. The molecule has 0 saturated heterocycles. The van der Waals surface area contributed by atoms with Gasteiger partial charge in [-0.2, -0.15) is 0 Å². The van der Waals surface area contributed by atoms with Crippen molar-refractivity contribution in [1.82, 2.24) is 0 Å². The number of aliphatic hydroxyl groups is 1. The second-order valence-corrected chi connectivity index (χ2v) is 6.96. The van der Waals surface area contributed by atoms with Crippen molar-refractivity contribution in [1.29, 1.82) is 0 Å². The van der Waals surface area contributed by atoms with Crippen LogP contribution in [0.25, 0.3) is 0 Å². The van der Waals surface area contributed by atoms with E-state index in [1.165, 1.54) is 13.8 Å². The molecule has 0 aliphatic rings. The molecule has 0 bridgehead atoms. The Morgan fingerprint density at radius 2 is 1.77 bits per heavy atom. The summed E-state index contributed by atoms with van der Waals surface area (Å²) in [6.07, 6.45) is -1.10. The van der Waals surface area contributed by atoms with E-state index in [0.29, 0.717) is 18.8 Å². The van der Waals surface area contributed by atoms with Crippen molar-refractivity contribution in [3.8, 4) is 5.75 Å². The number of benzene rings is 2. The standard InChI is InChI=1S/C21H26O5/c1-14-5-8-16(19(22)21(2,3)20(23)24)11-17(14)13-26-12-15-6-9-18(25-4)10-7-15/h5-11,19,22H,12-13H2,1-4H3,(H,23,24). The minimum absolute atomic E-state index is 0.381. The van der Waals surface area contributed by atoms with Crippen LogP contribution < -0.4 is 4.74 Å². The molecule has 2 aromatic carbocycles. The molecule has 1 atom stereocenters. The average Bonchev–Trinajstić information content (AvgIpc) is 2.63. The topological polar surface area (TPSA) is 76.0 Å². The predicted octanol–water partition coefficient (Wildman–Crippen LogP) is 3.86. The number of aliphatic hydroxyl groups excluding tert-OH is 1. The SMILES string of the molecule is COc1ccc(COCc2cc(C(O)C(C)(C)C(=O)O)ccc2C)cc1. The van der Waals surface area contributed by atoms with Gasteiger partial charge in [0.05, 0.1) is 31.8 Å². The Hall–Kier alpha value is -2.37. The summed E-state index contributed by atoms with van der Waals surface area (Å²) in [5.74, 6) is -0.241. The van der Waals surface area contributed by atoms with Gasteiger partial charge in [0.25, 0.3) is 0 Å². The van der Waals surface area contributed by atoms with Gasteiger partial charge in [0.15, 0.2) is 0 Å². The molecule has 1 unspecified atom stereocenters. The van der Waals surface area contributed by atoms with Crippen LogP contribution >= 0.6 is 0 Å². The average molecular weight is 358 g/mol. The van der Waals surface area contributed by atoms with Crippen LogP contribution in [0.15, 0.2) is 42.5 Å². The van der Waals surface area contributed by atoms with Crippen LogP contribution in [-0.4, -0.2) is 23.3 Å². The summed E-state index contributed by atoms with van der Waals surface area (Å²) in [6, 6.07) is 13.1. The second kappa shape index (κ2) is 8.34. The van der Waals surface area contributed by atoms with E-state index < -0.39 is 17.5 Å². The molecule has 0 aliphatic heterocycles. The Kier molecular flexibility index (Phi) is 6.40. The van der Waals surface area contributed by atoms with Crippen LogP contribution in [-0.2, 0) is 22.7 Å². The van der Waals surface area contributed by atoms with Gasteiger partial charge in [-0.1, -0.05) is 30.3 Å². The van der Waals surface area contributed by atoms with E-state index in [2.05, 4.69) is 0 Å². The number of ether oxygens (including phenoxy) is 2. The van der Waals surface area contributed by atoms with Gasteiger partial charge in [0.2, 0.25) is 0 Å². The Morgan fingerprint density at radius 1 is 1.12 bits per heavy atom. The van der Waals surface area contributed by atoms with Crippen molar-refractivity contribution in [2.24, 2.45) is 5.41 Å². The number of carbonyl (C=O) groups is 1. The van der Waals surface area contributed by atoms with Crippen molar-refractivity contribution in [2.75, 3.05) is 7.11 Å². The fourth-order valence-corrected chi connectivity index (χ4v) is 2.55. The van der Waals surface area contributed by atoms with E-state index in [1.54, 1.807) is 13.2 Å². The van der Waals surface area contributed by atoms with Crippen LogP contribution in [0.3, 0.4) is 0 Å². The smallest absolute Gasteiger partial charge is 0.312 e. The third-order valence-corrected chi connectivity index (χ3v) is 4.61. The van der Waals surface area contributed by atoms with Gasteiger partial charge in [-0.15, -0.1) is 0 Å².